The van der Waals surface area contributed by atoms with Crippen molar-refractivity contribution in [2.75, 3.05) is 0 Å². The molecule has 0 aliphatic rings. The largest absolute Gasteiger partial charge is 0.275 e. The molecule has 0 saturated carbocycles. The van der Waals surface area contributed by atoms with Gasteiger partial charge in [-0.05, 0) is 48.6 Å². The van der Waals surface area contributed by atoms with Crippen LogP contribution in [-0.4, -0.2) is 32.1 Å². The molecule has 0 bridgehead atoms. The van der Waals surface area contributed by atoms with Crippen molar-refractivity contribution < 1.29 is 8.42 Å². The number of rotatable bonds is 3. The van der Waals surface area contributed by atoms with E-state index in [1.807, 2.05) is 27.1 Å². The third kappa shape index (κ3) is 3.04. The Balaban J connectivity index is 1.89. The zero-order valence-corrected chi connectivity index (χ0v) is 17.9. The Morgan fingerprint density at radius 3 is 2.41 bits per heavy atom. The van der Waals surface area contributed by atoms with Crippen LogP contribution in [0.15, 0.2) is 47.8 Å². The lowest BCUT2D eigenvalue weighted by atomic mass is 10.2. The minimum atomic E-state index is -3.75. The van der Waals surface area contributed by atoms with Gasteiger partial charge in [0.25, 0.3) is 10.0 Å². The van der Waals surface area contributed by atoms with Gasteiger partial charge in [-0.15, -0.1) is 0 Å². The first-order chi connectivity index (χ1) is 12.8. The van der Waals surface area contributed by atoms with E-state index in [0.717, 1.165) is 16.8 Å². The van der Waals surface area contributed by atoms with E-state index in [9.17, 15) is 8.42 Å². The second-order valence-corrected chi connectivity index (χ2v) is 9.30. The molecule has 27 heavy (non-hydrogen) atoms. The Bertz CT molecular complexity index is 1270. The summed E-state index contributed by atoms with van der Waals surface area (Å²) in [5.41, 5.74) is 4.23. The normalized spacial score (nSPS) is 12.0. The molecule has 4 rings (SSSR count). The molecule has 3 heterocycles. The number of hydrogen-bond acceptors (Lipinski definition) is 5. The summed E-state index contributed by atoms with van der Waals surface area (Å²) in [5, 5.41) is 4.33. The SMILES string of the molecule is Cc1ccc(S(=O)(=O)n2cc(I)c3nc(-c4cn(C)nc4C)cnc32)cc1. The molecule has 9 heteroatoms. The van der Waals surface area contributed by atoms with Gasteiger partial charge in [-0.25, -0.2) is 22.4 Å². The maximum absolute atomic E-state index is 13.1. The van der Waals surface area contributed by atoms with Crippen molar-refractivity contribution in [3.8, 4) is 11.3 Å². The molecule has 0 aliphatic carbocycles. The van der Waals surface area contributed by atoms with Gasteiger partial charge in [0, 0.05) is 25.0 Å². The molecule has 0 aliphatic heterocycles. The number of benzene rings is 1. The van der Waals surface area contributed by atoms with Gasteiger partial charge in [0.15, 0.2) is 5.65 Å². The second-order valence-electron chi connectivity index (χ2n) is 6.32. The molecule has 3 aromatic heterocycles. The molecule has 0 N–H and O–H groups in total. The van der Waals surface area contributed by atoms with Crippen molar-refractivity contribution in [1.82, 2.24) is 23.7 Å². The highest BCUT2D eigenvalue weighted by molar-refractivity contribution is 14.1. The smallest absolute Gasteiger partial charge is 0.269 e. The second kappa shape index (κ2) is 6.41. The van der Waals surface area contributed by atoms with Gasteiger partial charge in [0.1, 0.15) is 5.52 Å². The van der Waals surface area contributed by atoms with E-state index in [1.165, 1.54) is 3.97 Å². The van der Waals surface area contributed by atoms with Crippen molar-refractivity contribution in [3.05, 3.63) is 57.7 Å². The highest BCUT2D eigenvalue weighted by atomic mass is 127. The summed E-state index contributed by atoms with van der Waals surface area (Å²) in [6.45, 7) is 3.82. The molecule has 0 atom stereocenters. The topological polar surface area (TPSA) is 82.7 Å². The fourth-order valence-electron chi connectivity index (χ4n) is 2.92. The Morgan fingerprint density at radius 1 is 1.07 bits per heavy atom. The number of hydrogen-bond donors (Lipinski definition) is 0. The zero-order valence-electron chi connectivity index (χ0n) is 14.9. The third-order valence-electron chi connectivity index (χ3n) is 4.29. The van der Waals surface area contributed by atoms with Crippen molar-refractivity contribution >= 4 is 43.8 Å². The third-order valence-corrected chi connectivity index (χ3v) is 6.74. The molecule has 4 aromatic rings. The van der Waals surface area contributed by atoms with Gasteiger partial charge in [0.05, 0.1) is 26.1 Å². The van der Waals surface area contributed by atoms with Crippen LogP contribution in [0.1, 0.15) is 11.3 Å². The summed E-state index contributed by atoms with van der Waals surface area (Å²) < 4.78 is 29.8. The van der Waals surface area contributed by atoms with Crippen molar-refractivity contribution in [1.29, 1.82) is 0 Å². The molecule has 0 unspecified atom stereocenters. The fourth-order valence-corrected chi connectivity index (χ4v) is 5.06. The first kappa shape index (κ1) is 18.1. The maximum atomic E-state index is 13.1. The van der Waals surface area contributed by atoms with Crippen molar-refractivity contribution in [2.24, 2.45) is 7.05 Å². The number of nitrogens with zero attached hydrogens (tertiary/aromatic N) is 5. The standard InChI is InChI=1S/C18H16IN5O2S/c1-11-4-6-13(7-5-11)27(25,26)24-10-15(19)17-18(24)20-8-16(21-17)14-9-23(3)22-12(14)2/h4-10H,1-3H3. The van der Waals surface area contributed by atoms with Gasteiger partial charge < -0.3 is 0 Å². The van der Waals surface area contributed by atoms with Crippen LogP contribution in [0.2, 0.25) is 0 Å². The zero-order chi connectivity index (χ0) is 19.3. The summed E-state index contributed by atoms with van der Waals surface area (Å²) in [6.07, 6.45) is 5.02. The highest BCUT2D eigenvalue weighted by Gasteiger charge is 2.23. The molecule has 7 nitrogen and oxygen atoms in total. The monoisotopic (exact) mass is 493 g/mol. The maximum Gasteiger partial charge on any atom is 0.269 e. The summed E-state index contributed by atoms with van der Waals surface area (Å²) in [7, 11) is -1.91. The van der Waals surface area contributed by atoms with Crippen LogP contribution < -0.4 is 0 Å². The fraction of sp³-hybridized carbons (Fsp3) is 0.167. The Labute approximate surface area is 170 Å². The summed E-state index contributed by atoms with van der Waals surface area (Å²) in [4.78, 5) is 9.29. The molecule has 0 saturated heterocycles. The average molecular weight is 493 g/mol. The molecule has 0 spiro atoms. The predicted octanol–water partition coefficient (Wildman–Crippen LogP) is 3.29. The number of aryl methyl sites for hydroxylation is 3. The lowest BCUT2D eigenvalue weighted by Crippen LogP contribution is -2.12. The van der Waals surface area contributed by atoms with E-state index in [4.69, 9.17) is 0 Å². The van der Waals surface area contributed by atoms with Crippen LogP contribution in [0.25, 0.3) is 22.4 Å². The van der Waals surface area contributed by atoms with E-state index in [-0.39, 0.29) is 4.90 Å². The van der Waals surface area contributed by atoms with Crippen LogP contribution in [0, 0.1) is 17.4 Å². The van der Waals surface area contributed by atoms with Gasteiger partial charge >= 0.3 is 0 Å². The van der Waals surface area contributed by atoms with Gasteiger partial charge in [-0.3, -0.25) is 4.68 Å². The van der Waals surface area contributed by atoms with E-state index < -0.39 is 10.0 Å². The minimum Gasteiger partial charge on any atom is -0.275 e. The molecular weight excluding hydrogens is 477 g/mol. The van der Waals surface area contributed by atoms with Gasteiger partial charge in [-0.2, -0.15) is 5.10 Å². The molecule has 0 radical (unpaired) electrons. The number of fused-ring (bicyclic) bond motifs is 1. The molecular formula is C18H16IN5O2S. The van der Waals surface area contributed by atoms with E-state index in [2.05, 4.69) is 37.7 Å². The van der Waals surface area contributed by atoms with Gasteiger partial charge in [-0.1, -0.05) is 17.7 Å². The summed E-state index contributed by atoms with van der Waals surface area (Å²) >= 11 is 2.08. The first-order valence-electron chi connectivity index (χ1n) is 8.14. The Hall–Kier alpha value is -2.27. The van der Waals surface area contributed by atoms with E-state index in [0.29, 0.717) is 20.4 Å². The Morgan fingerprint density at radius 2 is 1.78 bits per heavy atom. The molecule has 0 amide bonds. The van der Waals surface area contributed by atoms with E-state index in [1.54, 1.807) is 41.3 Å². The lowest BCUT2D eigenvalue weighted by molar-refractivity contribution is 0.588. The number of halogens is 1. The minimum absolute atomic E-state index is 0.218. The van der Waals surface area contributed by atoms with Crippen LogP contribution in [-0.2, 0) is 17.1 Å². The van der Waals surface area contributed by atoms with Gasteiger partial charge in [0.2, 0.25) is 0 Å². The van der Waals surface area contributed by atoms with Crippen LogP contribution in [0.5, 0.6) is 0 Å². The molecule has 1 aromatic carbocycles. The summed E-state index contributed by atoms with van der Waals surface area (Å²) in [6, 6.07) is 6.76. The van der Waals surface area contributed by atoms with E-state index >= 15 is 0 Å². The Kier molecular flexibility index (Phi) is 4.30. The first-order valence-corrected chi connectivity index (χ1v) is 10.7. The van der Waals surface area contributed by atoms with Crippen LogP contribution in [0.4, 0.5) is 0 Å². The van der Waals surface area contributed by atoms with Crippen molar-refractivity contribution in [2.45, 2.75) is 18.7 Å². The molecule has 0 fully saturated rings. The average Bonchev–Trinajstić information content (AvgIpc) is 3.14. The number of aromatic nitrogens is 5. The van der Waals surface area contributed by atoms with Crippen LogP contribution >= 0.6 is 22.6 Å². The van der Waals surface area contributed by atoms with Crippen molar-refractivity contribution in [3.63, 3.8) is 0 Å². The predicted molar refractivity (Wildman–Crippen MR) is 111 cm³/mol. The quantitative estimate of drug-likeness (QED) is 0.409. The highest BCUT2D eigenvalue weighted by Crippen LogP contribution is 2.28. The van der Waals surface area contributed by atoms with Crippen LogP contribution in [0.3, 0.4) is 0 Å². The lowest BCUT2D eigenvalue weighted by Gasteiger charge is -2.07. The molecule has 138 valence electrons. The summed E-state index contributed by atoms with van der Waals surface area (Å²) in [5.74, 6) is 0.